The van der Waals surface area contributed by atoms with Gasteiger partial charge in [-0.3, -0.25) is 0 Å². The summed E-state index contributed by atoms with van der Waals surface area (Å²) in [5, 5.41) is 10.8. The molecule has 1 aromatic rings. The van der Waals surface area contributed by atoms with E-state index in [4.69, 9.17) is 0 Å². The third-order valence-electron chi connectivity index (χ3n) is 2.40. The fourth-order valence-corrected chi connectivity index (χ4v) is 2.12. The van der Waals surface area contributed by atoms with Gasteiger partial charge in [0.05, 0.1) is 0 Å². The Kier molecular flexibility index (Phi) is 2.60. The predicted molar refractivity (Wildman–Crippen MR) is 56.6 cm³/mol. The first-order chi connectivity index (χ1) is 7.07. The topological polar surface area (TPSA) is 72.0 Å². The van der Waals surface area contributed by atoms with Gasteiger partial charge in [0.2, 0.25) is 0 Å². The molecule has 1 aromatic heterocycles. The maximum atomic E-state index is 11.3. The zero-order valence-corrected chi connectivity index (χ0v) is 9.34. The van der Waals surface area contributed by atoms with Gasteiger partial charge in [0.15, 0.2) is 20.7 Å². The number of hydrogen-bond donors (Lipinski definition) is 1. The van der Waals surface area contributed by atoms with Crippen LogP contribution in [0.25, 0.3) is 0 Å². The van der Waals surface area contributed by atoms with Gasteiger partial charge < -0.3 is 5.32 Å². The zero-order valence-electron chi connectivity index (χ0n) is 8.52. The molecule has 0 aromatic carbocycles. The van der Waals surface area contributed by atoms with Crippen molar-refractivity contribution < 1.29 is 8.42 Å². The number of nitrogens with one attached hydrogen (secondary N) is 1. The Hall–Kier alpha value is -1.17. The number of anilines is 1. The van der Waals surface area contributed by atoms with Crippen LogP contribution in [0.5, 0.6) is 0 Å². The molecule has 0 amide bonds. The first-order valence-corrected chi connectivity index (χ1v) is 6.77. The Balaban J connectivity index is 2.45. The molecule has 0 fully saturated rings. The van der Waals surface area contributed by atoms with Gasteiger partial charge in [0.25, 0.3) is 0 Å². The smallest absolute Gasteiger partial charge is 0.194 e. The van der Waals surface area contributed by atoms with E-state index < -0.39 is 9.84 Å². The van der Waals surface area contributed by atoms with Crippen LogP contribution in [0.4, 0.5) is 5.82 Å². The average Bonchev–Trinajstić information content (AvgIpc) is 2.39. The van der Waals surface area contributed by atoms with Crippen LogP contribution >= 0.6 is 0 Å². The Morgan fingerprint density at radius 3 is 2.87 bits per heavy atom. The van der Waals surface area contributed by atoms with Crippen molar-refractivity contribution in [1.29, 1.82) is 0 Å². The van der Waals surface area contributed by atoms with Gasteiger partial charge >= 0.3 is 0 Å². The lowest BCUT2D eigenvalue weighted by Gasteiger charge is -2.05. The summed E-state index contributed by atoms with van der Waals surface area (Å²) in [5.41, 5.74) is 0.947. The van der Waals surface area contributed by atoms with E-state index in [1.807, 2.05) is 0 Å². The summed E-state index contributed by atoms with van der Waals surface area (Å²) in [7, 11) is -3.25. The summed E-state index contributed by atoms with van der Waals surface area (Å²) in [6.45, 7) is 0.875. The second-order valence-corrected chi connectivity index (χ2v) is 5.68. The fourth-order valence-electron chi connectivity index (χ4n) is 1.58. The summed E-state index contributed by atoms with van der Waals surface area (Å²) in [4.78, 5) is 0. The predicted octanol–water partition coefficient (Wildman–Crippen LogP) is 0.628. The van der Waals surface area contributed by atoms with Crippen molar-refractivity contribution in [2.24, 2.45) is 0 Å². The van der Waals surface area contributed by atoms with E-state index in [9.17, 15) is 8.42 Å². The minimum Gasteiger partial charge on any atom is -0.368 e. The highest BCUT2D eigenvalue weighted by atomic mass is 32.2. The van der Waals surface area contributed by atoms with E-state index in [1.165, 1.54) is 0 Å². The number of sulfone groups is 1. The molecule has 0 spiro atoms. The first kappa shape index (κ1) is 10.4. The normalized spacial score (nSPS) is 16.3. The van der Waals surface area contributed by atoms with E-state index >= 15 is 0 Å². The van der Waals surface area contributed by atoms with Crippen LogP contribution in [-0.2, 0) is 16.3 Å². The number of aryl methyl sites for hydroxylation is 1. The van der Waals surface area contributed by atoms with Crippen LogP contribution < -0.4 is 5.32 Å². The van der Waals surface area contributed by atoms with Crippen molar-refractivity contribution in [3.63, 3.8) is 0 Å². The molecular weight excluding hydrogens is 214 g/mol. The maximum absolute atomic E-state index is 11.3. The summed E-state index contributed by atoms with van der Waals surface area (Å²) < 4.78 is 22.6. The largest absolute Gasteiger partial charge is 0.368 e. The molecule has 1 aliphatic heterocycles. The van der Waals surface area contributed by atoms with Gasteiger partial charge in [-0.1, -0.05) is 0 Å². The van der Waals surface area contributed by atoms with Crippen molar-refractivity contribution >= 4 is 15.7 Å². The molecular formula is C9H13N3O2S. The second kappa shape index (κ2) is 3.77. The molecule has 0 unspecified atom stereocenters. The highest BCUT2D eigenvalue weighted by Crippen LogP contribution is 2.20. The van der Waals surface area contributed by atoms with Gasteiger partial charge in [0.1, 0.15) is 0 Å². The molecule has 0 radical (unpaired) electrons. The summed E-state index contributed by atoms with van der Waals surface area (Å²) in [6.07, 6.45) is 4.13. The van der Waals surface area contributed by atoms with Crippen LogP contribution in [0, 0.1) is 0 Å². The lowest BCUT2D eigenvalue weighted by molar-refractivity contribution is 0.595. The monoisotopic (exact) mass is 227 g/mol. The average molecular weight is 227 g/mol. The van der Waals surface area contributed by atoms with Crippen LogP contribution in [0.15, 0.2) is 11.1 Å². The van der Waals surface area contributed by atoms with E-state index in [0.29, 0.717) is 0 Å². The molecule has 0 saturated carbocycles. The molecule has 0 aliphatic carbocycles. The molecule has 5 nitrogen and oxygen atoms in total. The third kappa shape index (κ3) is 2.26. The van der Waals surface area contributed by atoms with E-state index in [1.54, 1.807) is 6.07 Å². The molecule has 0 saturated heterocycles. The quantitative estimate of drug-likeness (QED) is 0.761. The molecule has 0 atom stereocenters. The Morgan fingerprint density at radius 2 is 2.13 bits per heavy atom. The van der Waals surface area contributed by atoms with Gasteiger partial charge in [-0.2, -0.15) is 0 Å². The molecule has 15 heavy (non-hydrogen) atoms. The number of rotatable bonds is 1. The number of hydrogen-bond acceptors (Lipinski definition) is 5. The second-order valence-electron chi connectivity index (χ2n) is 3.71. The minimum absolute atomic E-state index is 0.0601. The third-order valence-corrected chi connectivity index (χ3v) is 3.35. The first-order valence-electron chi connectivity index (χ1n) is 4.88. The Labute approximate surface area is 88.8 Å². The summed E-state index contributed by atoms with van der Waals surface area (Å²) in [6, 6.07) is 1.62. The Bertz CT molecular complexity index is 470. The van der Waals surface area contributed by atoms with Crippen molar-refractivity contribution in [3.05, 3.63) is 11.6 Å². The Morgan fingerprint density at radius 1 is 1.33 bits per heavy atom. The number of fused-ring (bicyclic) bond motifs is 1. The molecule has 1 aliphatic rings. The van der Waals surface area contributed by atoms with Crippen molar-refractivity contribution in [2.75, 3.05) is 18.1 Å². The highest BCUT2D eigenvalue weighted by molar-refractivity contribution is 7.90. The van der Waals surface area contributed by atoms with E-state index in [2.05, 4.69) is 15.5 Å². The van der Waals surface area contributed by atoms with Crippen LogP contribution in [0.3, 0.4) is 0 Å². The van der Waals surface area contributed by atoms with Gasteiger partial charge in [-0.25, -0.2) is 8.42 Å². The van der Waals surface area contributed by atoms with Gasteiger partial charge in [-0.05, 0) is 30.9 Å². The van der Waals surface area contributed by atoms with Crippen LogP contribution in [-0.4, -0.2) is 31.4 Å². The molecule has 0 bridgehead atoms. The lowest BCUT2D eigenvalue weighted by atomic mass is 10.1. The zero-order chi connectivity index (χ0) is 10.9. The summed E-state index contributed by atoms with van der Waals surface area (Å²) >= 11 is 0. The van der Waals surface area contributed by atoms with E-state index in [0.717, 1.165) is 43.4 Å². The standard InChI is InChI=1S/C9H13N3O2S/c1-15(13,14)8-6-7-4-2-3-5-10-9(7)12-11-8/h6H,2-5H2,1H3,(H,10,12). The summed E-state index contributed by atoms with van der Waals surface area (Å²) in [5.74, 6) is 0.722. The van der Waals surface area contributed by atoms with Crippen molar-refractivity contribution in [1.82, 2.24) is 10.2 Å². The molecule has 82 valence electrons. The molecule has 2 heterocycles. The molecule has 2 rings (SSSR count). The van der Waals surface area contributed by atoms with E-state index in [-0.39, 0.29) is 5.03 Å². The van der Waals surface area contributed by atoms with Crippen LogP contribution in [0.1, 0.15) is 18.4 Å². The molecule has 6 heteroatoms. The van der Waals surface area contributed by atoms with Gasteiger partial charge in [-0.15, -0.1) is 10.2 Å². The van der Waals surface area contributed by atoms with Crippen molar-refractivity contribution in [2.45, 2.75) is 24.3 Å². The number of aromatic nitrogens is 2. The minimum atomic E-state index is -3.25. The number of nitrogens with zero attached hydrogens (tertiary/aromatic N) is 2. The SMILES string of the molecule is CS(=O)(=O)c1cc2c(nn1)NCCCC2. The van der Waals surface area contributed by atoms with Crippen LogP contribution in [0.2, 0.25) is 0 Å². The lowest BCUT2D eigenvalue weighted by Crippen LogP contribution is -2.08. The maximum Gasteiger partial charge on any atom is 0.194 e. The highest BCUT2D eigenvalue weighted by Gasteiger charge is 2.15. The fraction of sp³-hybridized carbons (Fsp3) is 0.556. The van der Waals surface area contributed by atoms with Gasteiger partial charge in [0, 0.05) is 12.8 Å². The molecule has 1 N–H and O–H groups in total. The van der Waals surface area contributed by atoms with Crippen molar-refractivity contribution in [3.8, 4) is 0 Å².